The summed E-state index contributed by atoms with van der Waals surface area (Å²) in [6.45, 7) is 2.27. The fourth-order valence-electron chi connectivity index (χ4n) is 1.11. The lowest BCUT2D eigenvalue weighted by Crippen LogP contribution is -2.14. The van der Waals surface area contributed by atoms with Gasteiger partial charge in [-0.2, -0.15) is 8.42 Å². The minimum Gasteiger partial charge on any atom is -0.360 e. The van der Waals surface area contributed by atoms with Gasteiger partial charge in [-0.15, -0.1) is 0 Å². The van der Waals surface area contributed by atoms with Crippen LogP contribution in [0.1, 0.15) is 26.2 Å². The molecule has 17 heavy (non-hydrogen) atoms. The summed E-state index contributed by atoms with van der Waals surface area (Å²) in [5.41, 5.74) is 0. The quantitative estimate of drug-likeness (QED) is 0.408. The Kier molecular flexibility index (Phi) is 5.96. The molecular weight excluding hydrogens is 244 g/mol. The van der Waals surface area contributed by atoms with Crippen LogP contribution in [0.4, 0.5) is 0 Å². The van der Waals surface area contributed by atoms with E-state index in [9.17, 15) is 8.42 Å². The first-order valence-electron chi connectivity index (χ1n) is 5.44. The standard InChI is InChI=1S/C11H16O5S/c1-2-3-7-10-14-16-17(12,13)15-11-8-5-4-6-9-11/h4-6,8-9H,2-3,7,10H2,1H3. The van der Waals surface area contributed by atoms with Crippen molar-refractivity contribution in [3.63, 3.8) is 0 Å². The molecule has 0 unspecified atom stereocenters. The van der Waals surface area contributed by atoms with Crippen molar-refractivity contribution in [2.45, 2.75) is 26.2 Å². The first kappa shape index (κ1) is 14.0. The second-order valence-electron chi connectivity index (χ2n) is 3.40. The van der Waals surface area contributed by atoms with Gasteiger partial charge in [0.1, 0.15) is 5.75 Å². The molecule has 0 heterocycles. The Hall–Kier alpha value is -1.11. The molecule has 0 bridgehead atoms. The van der Waals surface area contributed by atoms with Crippen LogP contribution in [0.3, 0.4) is 0 Å². The van der Waals surface area contributed by atoms with Gasteiger partial charge in [-0.05, 0) is 18.6 Å². The molecule has 0 aliphatic rings. The van der Waals surface area contributed by atoms with Crippen LogP contribution in [0, 0.1) is 0 Å². The average Bonchev–Trinajstić information content (AvgIpc) is 2.29. The fraction of sp³-hybridized carbons (Fsp3) is 0.455. The zero-order chi connectivity index (χ0) is 12.6. The zero-order valence-electron chi connectivity index (χ0n) is 9.66. The van der Waals surface area contributed by atoms with Gasteiger partial charge in [0.25, 0.3) is 0 Å². The number of para-hydroxylation sites is 1. The predicted octanol–water partition coefficient (Wildman–Crippen LogP) is 2.45. The number of rotatable bonds is 8. The van der Waals surface area contributed by atoms with Crippen molar-refractivity contribution in [2.75, 3.05) is 6.61 Å². The second-order valence-corrected chi connectivity index (χ2v) is 4.52. The maximum absolute atomic E-state index is 11.3. The molecule has 0 N–H and O–H groups in total. The molecule has 0 aromatic heterocycles. The third-order valence-corrected chi connectivity index (χ3v) is 2.56. The molecule has 0 atom stereocenters. The Morgan fingerprint density at radius 3 is 2.47 bits per heavy atom. The largest absolute Gasteiger partial charge is 0.476 e. The van der Waals surface area contributed by atoms with Gasteiger partial charge in [0.05, 0.1) is 6.61 Å². The summed E-state index contributed by atoms with van der Waals surface area (Å²) in [6.07, 6.45) is 2.73. The molecule has 0 saturated heterocycles. The SMILES string of the molecule is CCCCCOOS(=O)(=O)Oc1ccccc1. The zero-order valence-corrected chi connectivity index (χ0v) is 10.5. The third-order valence-electron chi connectivity index (χ3n) is 1.90. The van der Waals surface area contributed by atoms with E-state index in [0.29, 0.717) is 0 Å². The minimum absolute atomic E-state index is 0.185. The Morgan fingerprint density at radius 1 is 1.12 bits per heavy atom. The molecule has 96 valence electrons. The lowest BCUT2D eigenvalue weighted by atomic mass is 10.3. The van der Waals surface area contributed by atoms with Crippen LogP contribution in [0.5, 0.6) is 5.75 Å². The Morgan fingerprint density at radius 2 is 1.82 bits per heavy atom. The van der Waals surface area contributed by atoms with Gasteiger partial charge in [0, 0.05) is 0 Å². The van der Waals surface area contributed by atoms with Crippen LogP contribution in [-0.4, -0.2) is 15.0 Å². The topological polar surface area (TPSA) is 61.8 Å². The maximum Gasteiger partial charge on any atom is 0.476 e. The molecule has 0 aliphatic heterocycles. The molecule has 0 radical (unpaired) electrons. The molecule has 0 amide bonds. The van der Waals surface area contributed by atoms with Gasteiger partial charge in [-0.3, -0.25) is 0 Å². The lowest BCUT2D eigenvalue weighted by Gasteiger charge is -2.05. The molecule has 6 heteroatoms. The molecule has 5 nitrogen and oxygen atoms in total. The van der Waals surface area contributed by atoms with Crippen molar-refractivity contribution < 1.29 is 21.8 Å². The van der Waals surface area contributed by atoms with E-state index in [1.807, 2.05) is 6.92 Å². The molecule has 1 aromatic rings. The summed E-state index contributed by atoms with van der Waals surface area (Å²) in [6, 6.07) is 8.09. The summed E-state index contributed by atoms with van der Waals surface area (Å²) in [5.74, 6) is 0.185. The van der Waals surface area contributed by atoms with Gasteiger partial charge in [0.15, 0.2) is 0 Å². The van der Waals surface area contributed by atoms with Crippen molar-refractivity contribution in [1.82, 2.24) is 0 Å². The van der Waals surface area contributed by atoms with Gasteiger partial charge < -0.3 is 4.18 Å². The van der Waals surface area contributed by atoms with Crippen LogP contribution in [-0.2, 0) is 19.6 Å². The van der Waals surface area contributed by atoms with Crippen molar-refractivity contribution in [1.29, 1.82) is 0 Å². The first-order valence-corrected chi connectivity index (χ1v) is 6.78. The van der Waals surface area contributed by atoms with Gasteiger partial charge in [-0.25, -0.2) is 4.89 Å². The van der Waals surface area contributed by atoms with E-state index in [-0.39, 0.29) is 12.4 Å². The highest BCUT2D eigenvalue weighted by molar-refractivity contribution is 7.82. The summed E-state index contributed by atoms with van der Waals surface area (Å²) in [5, 5.41) is 0. The van der Waals surface area contributed by atoms with Crippen molar-refractivity contribution >= 4 is 10.4 Å². The van der Waals surface area contributed by atoms with Crippen LogP contribution in [0.25, 0.3) is 0 Å². The number of hydrogen-bond acceptors (Lipinski definition) is 5. The highest BCUT2D eigenvalue weighted by Gasteiger charge is 2.14. The molecule has 0 spiro atoms. The molecule has 0 saturated carbocycles. The van der Waals surface area contributed by atoms with Gasteiger partial charge in [-0.1, -0.05) is 42.3 Å². The molecule has 0 aliphatic carbocycles. The van der Waals surface area contributed by atoms with Crippen LogP contribution in [0.2, 0.25) is 0 Å². The van der Waals surface area contributed by atoms with E-state index >= 15 is 0 Å². The van der Waals surface area contributed by atoms with Crippen molar-refractivity contribution in [3.8, 4) is 5.75 Å². The smallest absolute Gasteiger partial charge is 0.360 e. The highest BCUT2D eigenvalue weighted by atomic mass is 32.3. The minimum atomic E-state index is -4.14. The average molecular weight is 260 g/mol. The maximum atomic E-state index is 11.3. The highest BCUT2D eigenvalue weighted by Crippen LogP contribution is 2.12. The van der Waals surface area contributed by atoms with E-state index in [4.69, 9.17) is 0 Å². The van der Waals surface area contributed by atoms with Crippen molar-refractivity contribution in [2.24, 2.45) is 0 Å². The summed E-state index contributed by atoms with van der Waals surface area (Å²) in [7, 11) is -4.14. The molecule has 0 fully saturated rings. The summed E-state index contributed by atoms with van der Waals surface area (Å²) >= 11 is 0. The van der Waals surface area contributed by atoms with E-state index in [2.05, 4.69) is 13.4 Å². The summed E-state index contributed by atoms with van der Waals surface area (Å²) < 4.78 is 31.4. The normalized spacial score (nSPS) is 11.4. The Labute approximate surface area is 102 Å². The number of unbranched alkanes of at least 4 members (excludes halogenated alkanes) is 2. The lowest BCUT2D eigenvalue weighted by molar-refractivity contribution is -0.207. The second kappa shape index (κ2) is 7.26. The van der Waals surface area contributed by atoms with Crippen LogP contribution < -0.4 is 4.18 Å². The van der Waals surface area contributed by atoms with Gasteiger partial charge in [0.2, 0.25) is 0 Å². The molecule has 1 rings (SSSR count). The van der Waals surface area contributed by atoms with E-state index in [1.165, 1.54) is 12.1 Å². The fourth-order valence-corrected chi connectivity index (χ4v) is 1.67. The first-order chi connectivity index (χ1) is 8.14. The van der Waals surface area contributed by atoms with E-state index < -0.39 is 10.4 Å². The van der Waals surface area contributed by atoms with Crippen LogP contribution in [0.15, 0.2) is 30.3 Å². The predicted molar refractivity (Wildman–Crippen MR) is 62.6 cm³/mol. The monoisotopic (exact) mass is 260 g/mol. The van der Waals surface area contributed by atoms with Crippen LogP contribution >= 0.6 is 0 Å². The molecule has 1 aromatic carbocycles. The van der Waals surface area contributed by atoms with Gasteiger partial charge >= 0.3 is 10.4 Å². The Bertz CT molecular complexity index is 401. The summed E-state index contributed by atoms with van der Waals surface area (Å²) in [4.78, 5) is 4.56. The number of benzene rings is 1. The van der Waals surface area contributed by atoms with E-state index in [1.54, 1.807) is 18.2 Å². The van der Waals surface area contributed by atoms with E-state index in [0.717, 1.165) is 19.3 Å². The molecular formula is C11H16O5S. The number of hydrogen-bond donors (Lipinski definition) is 0. The Balaban J connectivity index is 2.32. The third kappa shape index (κ3) is 6.25. The van der Waals surface area contributed by atoms with Crippen molar-refractivity contribution in [3.05, 3.63) is 30.3 Å².